The first-order valence-corrected chi connectivity index (χ1v) is 7.29. The zero-order chi connectivity index (χ0) is 15.4. The van der Waals surface area contributed by atoms with E-state index in [0.717, 1.165) is 37.1 Å². The van der Waals surface area contributed by atoms with Crippen molar-refractivity contribution in [2.24, 2.45) is 10.9 Å². The van der Waals surface area contributed by atoms with Gasteiger partial charge in [-0.1, -0.05) is 5.16 Å². The van der Waals surface area contributed by atoms with E-state index in [1.165, 1.54) is 0 Å². The number of nitrogens with two attached hydrogens (primary N) is 1. The van der Waals surface area contributed by atoms with Crippen LogP contribution in [0.15, 0.2) is 5.16 Å². The highest BCUT2D eigenvalue weighted by atomic mass is 16.4. The molecule has 2 heterocycles. The maximum Gasteiger partial charge on any atom is 0.174 e. The molecule has 1 saturated heterocycles. The molecule has 1 aliphatic rings. The lowest BCUT2D eigenvalue weighted by Crippen LogP contribution is -2.42. The molecule has 21 heavy (non-hydrogen) atoms. The Labute approximate surface area is 124 Å². The van der Waals surface area contributed by atoms with Crippen LogP contribution in [0.5, 0.6) is 0 Å². The number of piperidine rings is 1. The van der Waals surface area contributed by atoms with Crippen LogP contribution in [0.1, 0.15) is 42.5 Å². The number of aliphatic hydroxyl groups excluding tert-OH is 1. The summed E-state index contributed by atoms with van der Waals surface area (Å²) < 4.78 is 0. The Morgan fingerprint density at radius 2 is 2.14 bits per heavy atom. The van der Waals surface area contributed by atoms with E-state index in [0.29, 0.717) is 17.8 Å². The average Bonchev–Trinajstić information content (AvgIpc) is 2.50. The molecular weight excluding hydrogens is 270 g/mol. The summed E-state index contributed by atoms with van der Waals surface area (Å²) in [6, 6.07) is 0.213. The third-order valence-corrected chi connectivity index (χ3v) is 4.16. The number of aromatic nitrogens is 2. The molecule has 1 unspecified atom stereocenters. The van der Waals surface area contributed by atoms with Crippen LogP contribution in [0, 0.1) is 13.8 Å². The van der Waals surface area contributed by atoms with Crippen molar-refractivity contribution in [3.8, 4) is 0 Å². The Hall–Kier alpha value is -1.89. The molecule has 1 aromatic heterocycles. The summed E-state index contributed by atoms with van der Waals surface area (Å²) in [6.45, 7) is 4.72. The monoisotopic (exact) mass is 293 g/mol. The largest absolute Gasteiger partial charge is 0.409 e. The molecule has 1 aliphatic heterocycles. The summed E-state index contributed by atoms with van der Waals surface area (Å²) >= 11 is 0. The van der Waals surface area contributed by atoms with Gasteiger partial charge in [-0.2, -0.15) is 5.10 Å². The normalized spacial score (nSPS) is 19.9. The maximum atomic E-state index is 9.26. The number of oxime groups is 1. The lowest BCUT2D eigenvalue weighted by Gasteiger charge is -2.37. The summed E-state index contributed by atoms with van der Waals surface area (Å²) in [4.78, 5) is 2.13. The van der Waals surface area contributed by atoms with E-state index in [-0.39, 0.29) is 18.5 Å². The van der Waals surface area contributed by atoms with Gasteiger partial charge in [-0.15, -0.1) is 5.10 Å². The number of aliphatic hydroxyl groups is 1. The van der Waals surface area contributed by atoms with E-state index in [9.17, 15) is 5.11 Å². The molecule has 4 N–H and O–H groups in total. The third-order valence-electron chi connectivity index (χ3n) is 4.16. The number of nitrogens with zero attached hydrogens (tertiary/aromatic N) is 4. The van der Waals surface area contributed by atoms with E-state index in [2.05, 4.69) is 20.3 Å². The van der Waals surface area contributed by atoms with Crippen LogP contribution in [-0.4, -0.2) is 45.5 Å². The van der Waals surface area contributed by atoms with Gasteiger partial charge in [0.05, 0.1) is 11.3 Å². The molecule has 0 radical (unpaired) electrons. The van der Waals surface area contributed by atoms with E-state index >= 15 is 0 Å². The van der Waals surface area contributed by atoms with Crippen LogP contribution in [0.2, 0.25) is 0 Å². The van der Waals surface area contributed by atoms with Crippen LogP contribution in [0.4, 0.5) is 5.82 Å². The Kier molecular flexibility index (Phi) is 4.95. The smallest absolute Gasteiger partial charge is 0.174 e. The van der Waals surface area contributed by atoms with Crippen LogP contribution >= 0.6 is 0 Å². The van der Waals surface area contributed by atoms with Gasteiger partial charge in [0.2, 0.25) is 0 Å². The molecule has 1 atom stereocenters. The topological polar surface area (TPSA) is 108 Å². The number of hydrogen-bond acceptors (Lipinski definition) is 6. The van der Waals surface area contributed by atoms with E-state index in [1.54, 1.807) is 0 Å². The van der Waals surface area contributed by atoms with Crippen LogP contribution in [-0.2, 0) is 0 Å². The molecule has 1 aromatic rings. The standard InChI is InChI=1S/C14H23N5O2/c1-9-10(2)16-17-14(12(9)13(15)18-21)19-7-4-3-5-11(19)6-8-20/h11,20-21H,3-8H2,1-2H3,(H2,15,18). The van der Waals surface area contributed by atoms with Crippen molar-refractivity contribution in [1.29, 1.82) is 0 Å². The number of amidine groups is 1. The lowest BCUT2D eigenvalue weighted by molar-refractivity contribution is 0.262. The number of anilines is 1. The first kappa shape index (κ1) is 15.5. The first-order chi connectivity index (χ1) is 10.1. The van der Waals surface area contributed by atoms with Gasteiger partial charge in [0, 0.05) is 19.2 Å². The highest BCUT2D eigenvalue weighted by Gasteiger charge is 2.28. The molecule has 0 aliphatic carbocycles. The van der Waals surface area contributed by atoms with E-state index in [4.69, 9.17) is 10.9 Å². The second-order valence-electron chi connectivity index (χ2n) is 5.45. The Morgan fingerprint density at radius 3 is 2.81 bits per heavy atom. The average molecular weight is 293 g/mol. The van der Waals surface area contributed by atoms with Gasteiger partial charge in [0.1, 0.15) is 0 Å². The van der Waals surface area contributed by atoms with Gasteiger partial charge < -0.3 is 20.9 Å². The van der Waals surface area contributed by atoms with Gasteiger partial charge in [-0.05, 0) is 45.1 Å². The Balaban J connectivity index is 2.49. The van der Waals surface area contributed by atoms with Crippen molar-refractivity contribution >= 4 is 11.7 Å². The Morgan fingerprint density at radius 1 is 1.38 bits per heavy atom. The van der Waals surface area contributed by atoms with Crippen LogP contribution in [0.3, 0.4) is 0 Å². The number of aryl methyl sites for hydroxylation is 1. The molecule has 0 aromatic carbocycles. The van der Waals surface area contributed by atoms with Crippen molar-refractivity contribution in [3.05, 3.63) is 16.8 Å². The van der Waals surface area contributed by atoms with Gasteiger partial charge in [-0.3, -0.25) is 0 Å². The minimum Gasteiger partial charge on any atom is -0.409 e. The fourth-order valence-corrected chi connectivity index (χ4v) is 2.88. The Bertz CT molecular complexity index is 530. The van der Waals surface area contributed by atoms with Crippen molar-refractivity contribution in [2.45, 2.75) is 45.6 Å². The molecule has 1 fully saturated rings. The zero-order valence-electron chi connectivity index (χ0n) is 12.6. The van der Waals surface area contributed by atoms with Crippen molar-refractivity contribution in [3.63, 3.8) is 0 Å². The van der Waals surface area contributed by atoms with Crippen LogP contribution < -0.4 is 10.6 Å². The van der Waals surface area contributed by atoms with Crippen molar-refractivity contribution in [2.75, 3.05) is 18.1 Å². The summed E-state index contributed by atoms with van der Waals surface area (Å²) in [7, 11) is 0. The molecule has 0 saturated carbocycles. The molecule has 116 valence electrons. The van der Waals surface area contributed by atoms with Gasteiger partial charge >= 0.3 is 0 Å². The second-order valence-corrected chi connectivity index (χ2v) is 5.45. The molecule has 7 nitrogen and oxygen atoms in total. The highest BCUT2D eigenvalue weighted by Crippen LogP contribution is 2.29. The maximum absolute atomic E-state index is 9.26. The molecule has 2 rings (SSSR count). The van der Waals surface area contributed by atoms with Gasteiger partial charge in [0.15, 0.2) is 11.7 Å². The van der Waals surface area contributed by atoms with E-state index < -0.39 is 0 Å². The van der Waals surface area contributed by atoms with Gasteiger partial charge in [0.25, 0.3) is 0 Å². The predicted octanol–water partition coefficient (Wildman–Crippen LogP) is 0.929. The molecule has 0 bridgehead atoms. The molecular formula is C14H23N5O2. The highest BCUT2D eigenvalue weighted by molar-refractivity contribution is 6.02. The second kappa shape index (κ2) is 6.71. The number of rotatable bonds is 4. The lowest BCUT2D eigenvalue weighted by atomic mass is 9.98. The predicted molar refractivity (Wildman–Crippen MR) is 80.7 cm³/mol. The summed E-state index contributed by atoms with van der Waals surface area (Å²) in [5.74, 6) is 0.695. The fraction of sp³-hybridized carbons (Fsp3) is 0.643. The third kappa shape index (κ3) is 3.07. The quantitative estimate of drug-likeness (QED) is 0.330. The molecule has 0 amide bonds. The molecule has 7 heteroatoms. The van der Waals surface area contributed by atoms with Crippen LogP contribution in [0.25, 0.3) is 0 Å². The van der Waals surface area contributed by atoms with Crippen molar-refractivity contribution in [1.82, 2.24) is 10.2 Å². The summed E-state index contributed by atoms with van der Waals surface area (Å²) in [5, 5.41) is 29.9. The fourth-order valence-electron chi connectivity index (χ4n) is 2.88. The zero-order valence-corrected chi connectivity index (χ0v) is 12.6. The van der Waals surface area contributed by atoms with Crippen molar-refractivity contribution < 1.29 is 10.3 Å². The SMILES string of the molecule is Cc1nnc(N2CCCCC2CCO)c(/C(N)=N/O)c1C. The van der Waals surface area contributed by atoms with E-state index in [1.807, 2.05) is 13.8 Å². The minimum absolute atomic E-state index is 0.0498. The number of hydrogen-bond donors (Lipinski definition) is 3. The first-order valence-electron chi connectivity index (χ1n) is 7.29. The summed E-state index contributed by atoms with van der Waals surface area (Å²) in [6.07, 6.45) is 3.89. The minimum atomic E-state index is 0.0498. The summed E-state index contributed by atoms with van der Waals surface area (Å²) in [5.41, 5.74) is 8.11. The molecule has 0 spiro atoms. The van der Waals surface area contributed by atoms with Gasteiger partial charge in [-0.25, -0.2) is 0 Å².